The molecule has 1 atom stereocenters. The first-order chi connectivity index (χ1) is 9.55. The van der Waals surface area contributed by atoms with E-state index in [4.69, 9.17) is 4.74 Å². The van der Waals surface area contributed by atoms with E-state index in [2.05, 4.69) is 16.0 Å². The number of carbonyl (C=O) groups is 2. The van der Waals surface area contributed by atoms with Gasteiger partial charge in [0.05, 0.1) is 12.0 Å². The molecule has 20 heavy (non-hydrogen) atoms. The van der Waals surface area contributed by atoms with Crippen molar-refractivity contribution in [2.45, 2.75) is 39.2 Å². The summed E-state index contributed by atoms with van der Waals surface area (Å²) in [4.78, 5) is 24.3. The summed E-state index contributed by atoms with van der Waals surface area (Å²) >= 11 is 0. The van der Waals surface area contributed by atoms with Gasteiger partial charge in [0.15, 0.2) is 0 Å². The highest BCUT2D eigenvalue weighted by atomic mass is 16.5. The van der Waals surface area contributed by atoms with Gasteiger partial charge in [-0.3, -0.25) is 9.59 Å². The van der Waals surface area contributed by atoms with Gasteiger partial charge in [-0.25, -0.2) is 0 Å². The molecular formula is C14H27N3O3. The van der Waals surface area contributed by atoms with Crippen molar-refractivity contribution in [2.75, 3.05) is 33.4 Å². The van der Waals surface area contributed by atoms with E-state index in [1.807, 2.05) is 6.92 Å². The van der Waals surface area contributed by atoms with E-state index in [-0.39, 0.29) is 17.2 Å². The third-order valence-electron chi connectivity index (χ3n) is 4.07. The minimum atomic E-state index is -0.516. The summed E-state index contributed by atoms with van der Waals surface area (Å²) in [5, 5.41) is 8.85. The molecule has 1 fully saturated rings. The first-order valence-corrected chi connectivity index (χ1v) is 7.34. The third-order valence-corrected chi connectivity index (χ3v) is 4.07. The first kappa shape index (κ1) is 16.9. The highest BCUT2D eigenvalue weighted by Crippen LogP contribution is 2.32. The Balaban J connectivity index is 2.48. The minimum Gasteiger partial charge on any atom is -0.383 e. The van der Waals surface area contributed by atoms with Gasteiger partial charge in [-0.05, 0) is 39.3 Å². The summed E-state index contributed by atoms with van der Waals surface area (Å²) < 4.78 is 4.87. The van der Waals surface area contributed by atoms with Crippen LogP contribution in [0.5, 0.6) is 0 Å². The average Bonchev–Trinajstić information content (AvgIpc) is 2.47. The molecule has 1 unspecified atom stereocenters. The molecule has 1 saturated heterocycles. The molecule has 0 aromatic carbocycles. The van der Waals surface area contributed by atoms with Crippen molar-refractivity contribution in [2.24, 2.45) is 5.41 Å². The van der Waals surface area contributed by atoms with Crippen molar-refractivity contribution in [1.82, 2.24) is 16.0 Å². The lowest BCUT2D eigenvalue weighted by molar-refractivity contribution is -0.136. The maximum Gasteiger partial charge on any atom is 0.242 e. The van der Waals surface area contributed by atoms with Crippen molar-refractivity contribution in [3.8, 4) is 0 Å². The molecule has 116 valence electrons. The Labute approximate surface area is 121 Å². The number of hydrogen-bond donors (Lipinski definition) is 3. The molecule has 0 bridgehead atoms. The number of carbonyl (C=O) groups excluding carboxylic acids is 2. The van der Waals surface area contributed by atoms with Crippen LogP contribution >= 0.6 is 0 Å². The molecule has 1 heterocycles. The molecule has 0 aromatic heterocycles. The van der Waals surface area contributed by atoms with E-state index < -0.39 is 6.04 Å². The number of rotatable bonds is 7. The molecule has 2 amide bonds. The van der Waals surface area contributed by atoms with Crippen LogP contribution in [0, 0.1) is 5.41 Å². The number of piperidine rings is 1. The lowest BCUT2D eigenvalue weighted by Crippen LogP contribution is -2.53. The van der Waals surface area contributed by atoms with E-state index in [1.54, 1.807) is 14.0 Å². The van der Waals surface area contributed by atoms with Crippen LogP contribution in [0.1, 0.15) is 33.1 Å². The molecule has 6 heteroatoms. The molecule has 0 saturated carbocycles. The molecular weight excluding hydrogens is 258 g/mol. The van der Waals surface area contributed by atoms with Crippen LogP contribution in [-0.2, 0) is 14.3 Å². The molecule has 0 spiro atoms. The average molecular weight is 285 g/mol. The van der Waals surface area contributed by atoms with Gasteiger partial charge in [0.2, 0.25) is 11.8 Å². The van der Waals surface area contributed by atoms with E-state index >= 15 is 0 Å². The molecule has 3 N–H and O–H groups in total. The van der Waals surface area contributed by atoms with Gasteiger partial charge in [0.25, 0.3) is 0 Å². The SMILES string of the molecule is CCC1(C(=O)NC(C)C(=O)NCCOC)CCNCC1. The second-order valence-electron chi connectivity index (χ2n) is 5.36. The summed E-state index contributed by atoms with van der Waals surface area (Å²) in [6.45, 7) is 6.39. The van der Waals surface area contributed by atoms with Gasteiger partial charge in [0.1, 0.15) is 6.04 Å². The second-order valence-corrected chi connectivity index (χ2v) is 5.36. The predicted octanol–water partition coefficient (Wildman–Crippen LogP) is 0.0335. The van der Waals surface area contributed by atoms with Crippen LogP contribution in [0.2, 0.25) is 0 Å². The Morgan fingerprint density at radius 3 is 2.55 bits per heavy atom. The lowest BCUT2D eigenvalue weighted by Gasteiger charge is -2.36. The van der Waals surface area contributed by atoms with Crippen molar-refractivity contribution in [1.29, 1.82) is 0 Å². The van der Waals surface area contributed by atoms with Crippen molar-refractivity contribution in [3.05, 3.63) is 0 Å². The highest BCUT2D eigenvalue weighted by molar-refractivity contribution is 5.89. The standard InChI is InChI=1S/C14H27N3O3/c1-4-14(5-7-15-8-6-14)13(19)17-11(2)12(18)16-9-10-20-3/h11,15H,4-10H2,1-3H3,(H,16,18)(H,17,19). The third kappa shape index (κ3) is 4.45. The van der Waals surface area contributed by atoms with Crippen LogP contribution in [-0.4, -0.2) is 51.2 Å². The van der Waals surface area contributed by atoms with Gasteiger partial charge in [0, 0.05) is 13.7 Å². The van der Waals surface area contributed by atoms with Crippen LogP contribution in [0.4, 0.5) is 0 Å². The zero-order valence-electron chi connectivity index (χ0n) is 12.8. The monoisotopic (exact) mass is 285 g/mol. The molecule has 1 aliphatic heterocycles. The van der Waals surface area contributed by atoms with Gasteiger partial charge in [-0.2, -0.15) is 0 Å². The maximum absolute atomic E-state index is 12.5. The molecule has 0 aliphatic carbocycles. The summed E-state index contributed by atoms with van der Waals surface area (Å²) in [6, 6.07) is -0.516. The van der Waals surface area contributed by atoms with E-state index in [9.17, 15) is 9.59 Å². The van der Waals surface area contributed by atoms with Gasteiger partial charge in [-0.1, -0.05) is 6.92 Å². The van der Waals surface area contributed by atoms with Crippen LogP contribution in [0.3, 0.4) is 0 Å². The number of amides is 2. The molecule has 6 nitrogen and oxygen atoms in total. The smallest absolute Gasteiger partial charge is 0.242 e. The fourth-order valence-electron chi connectivity index (χ4n) is 2.49. The normalized spacial score (nSPS) is 19.1. The summed E-state index contributed by atoms with van der Waals surface area (Å²) in [5.74, 6) is -0.175. The fraction of sp³-hybridized carbons (Fsp3) is 0.857. The highest BCUT2D eigenvalue weighted by Gasteiger charge is 2.38. The minimum absolute atomic E-state index is 0.00380. The van der Waals surface area contributed by atoms with Crippen LogP contribution < -0.4 is 16.0 Å². The second kappa shape index (κ2) is 8.21. The number of nitrogens with one attached hydrogen (secondary N) is 3. The zero-order chi connectivity index (χ0) is 15.0. The maximum atomic E-state index is 12.5. The van der Waals surface area contributed by atoms with Crippen molar-refractivity contribution in [3.63, 3.8) is 0 Å². The molecule has 0 radical (unpaired) electrons. The van der Waals surface area contributed by atoms with E-state index in [1.165, 1.54) is 0 Å². The predicted molar refractivity (Wildman–Crippen MR) is 77.3 cm³/mol. The molecule has 1 aliphatic rings. The zero-order valence-corrected chi connectivity index (χ0v) is 12.8. The van der Waals surface area contributed by atoms with Gasteiger partial charge >= 0.3 is 0 Å². The number of methoxy groups -OCH3 is 1. The Morgan fingerprint density at radius 2 is 2.00 bits per heavy atom. The fourth-order valence-corrected chi connectivity index (χ4v) is 2.49. The quantitative estimate of drug-likeness (QED) is 0.577. The largest absolute Gasteiger partial charge is 0.383 e. The number of ether oxygens (including phenoxy) is 1. The van der Waals surface area contributed by atoms with Crippen LogP contribution in [0.25, 0.3) is 0 Å². The van der Waals surface area contributed by atoms with Crippen molar-refractivity contribution < 1.29 is 14.3 Å². The van der Waals surface area contributed by atoms with E-state index in [0.717, 1.165) is 32.4 Å². The summed E-state index contributed by atoms with van der Waals surface area (Å²) in [7, 11) is 1.58. The Hall–Kier alpha value is -1.14. The topological polar surface area (TPSA) is 79.5 Å². The van der Waals surface area contributed by atoms with Gasteiger partial charge < -0.3 is 20.7 Å². The molecule has 0 aromatic rings. The van der Waals surface area contributed by atoms with E-state index in [0.29, 0.717) is 13.2 Å². The Kier molecular flexibility index (Phi) is 6.95. The van der Waals surface area contributed by atoms with Crippen LogP contribution in [0.15, 0.2) is 0 Å². The Bertz CT molecular complexity index is 328. The Morgan fingerprint density at radius 1 is 1.35 bits per heavy atom. The van der Waals surface area contributed by atoms with Crippen molar-refractivity contribution >= 4 is 11.8 Å². The van der Waals surface area contributed by atoms with Gasteiger partial charge in [-0.15, -0.1) is 0 Å². The first-order valence-electron chi connectivity index (χ1n) is 7.34. The lowest BCUT2D eigenvalue weighted by atomic mass is 9.75. The summed E-state index contributed by atoms with van der Waals surface area (Å²) in [6.07, 6.45) is 2.46. The molecule has 1 rings (SSSR count). The number of hydrogen-bond acceptors (Lipinski definition) is 4. The summed E-state index contributed by atoms with van der Waals surface area (Å²) in [5.41, 5.74) is -0.327.